The third-order valence-corrected chi connectivity index (χ3v) is 7.62. The molecule has 2 N–H and O–H groups in total. The second-order valence-corrected chi connectivity index (χ2v) is 10.2. The van der Waals surface area contributed by atoms with E-state index in [2.05, 4.69) is 27.0 Å². The van der Waals surface area contributed by atoms with Crippen molar-refractivity contribution in [3.05, 3.63) is 17.3 Å². The van der Waals surface area contributed by atoms with Crippen LogP contribution in [0.4, 0.5) is 11.5 Å². The van der Waals surface area contributed by atoms with Crippen LogP contribution in [-0.4, -0.2) is 65.8 Å². The van der Waals surface area contributed by atoms with Gasteiger partial charge in [-0.05, 0) is 56.1 Å². The number of hydrazone groups is 1. The number of nitrogens with two attached hydrogens (primary N) is 1. The average Bonchev–Trinajstić information content (AvgIpc) is 3.67. The summed E-state index contributed by atoms with van der Waals surface area (Å²) in [6.45, 7) is 3.42. The Hall–Kier alpha value is -2.82. The van der Waals surface area contributed by atoms with E-state index in [0.717, 1.165) is 44.0 Å². The van der Waals surface area contributed by atoms with Crippen molar-refractivity contribution in [1.29, 1.82) is 5.26 Å². The lowest BCUT2D eigenvalue weighted by molar-refractivity contribution is -0.135. The highest BCUT2D eigenvalue weighted by atomic mass is 16.2. The Morgan fingerprint density at radius 1 is 1.16 bits per heavy atom. The summed E-state index contributed by atoms with van der Waals surface area (Å²) in [4.78, 5) is 22.5. The molecule has 168 valence electrons. The molecule has 1 unspecified atom stereocenters. The van der Waals surface area contributed by atoms with Gasteiger partial charge in [0, 0.05) is 55.8 Å². The summed E-state index contributed by atoms with van der Waals surface area (Å²) < 4.78 is 0. The molecule has 1 amide bonds. The molecule has 5 aliphatic rings. The highest BCUT2D eigenvalue weighted by molar-refractivity contribution is 5.82. The van der Waals surface area contributed by atoms with E-state index in [1.165, 1.54) is 31.2 Å². The van der Waals surface area contributed by atoms with Gasteiger partial charge < -0.3 is 15.5 Å². The van der Waals surface area contributed by atoms with Crippen molar-refractivity contribution in [3.63, 3.8) is 0 Å². The van der Waals surface area contributed by atoms with Crippen molar-refractivity contribution in [2.75, 3.05) is 43.4 Å². The Morgan fingerprint density at radius 2 is 1.97 bits per heavy atom. The molecule has 2 atom stereocenters. The topological polar surface area (TPSA) is 102 Å². The maximum absolute atomic E-state index is 12.9. The van der Waals surface area contributed by atoms with Gasteiger partial charge in [-0.2, -0.15) is 10.4 Å². The quantitative estimate of drug-likeness (QED) is 0.691. The summed E-state index contributed by atoms with van der Waals surface area (Å²) in [6, 6.07) is 4.58. The van der Waals surface area contributed by atoms with Gasteiger partial charge in [0.1, 0.15) is 6.54 Å². The molecule has 1 aromatic rings. The van der Waals surface area contributed by atoms with Crippen molar-refractivity contribution < 1.29 is 4.79 Å². The van der Waals surface area contributed by atoms with E-state index >= 15 is 0 Å². The summed E-state index contributed by atoms with van der Waals surface area (Å²) in [7, 11) is 0. The van der Waals surface area contributed by atoms with Crippen LogP contribution < -0.4 is 10.6 Å². The summed E-state index contributed by atoms with van der Waals surface area (Å²) in [5.74, 6) is 2.81. The predicted molar refractivity (Wildman–Crippen MR) is 122 cm³/mol. The molecule has 3 aliphatic carbocycles. The number of carbonyl (C=O) groups excluding carboxylic acids is 1. The van der Waals surface area contributed by atoms with E-state index in [0.29, 0.717) is 42.6 Å². The van der Waals surface area contributed by atoms with E-state index in [9.17, 15) is 4.79 Å². The largest absolute Gasteiger partial charge is 0.396 e. The fourth-order valence-corrected chi connectivity index (χ4v) is 5.37. The van der Waals surface area contributed by atoms with Gasteiger partial charge in [0.2, 0.25) is 5.91 Å². The molecule has 32 heavy (non-hydrogen) atoms. The van der Waals surface area contributed by atoms with Crippen molar-refractivity contribution >= 4 is 23.6 Å². The number of pyridine rings is 1. The number of nitriles is 1. The number of carbonyl (C=O) groups is 1. The van der Waals surface area contributed by atoms with E-state index < -0.39 is 0 Å². The molecule has 2 aliphatic heterocycles. The maximum atomic E-state index is 12.9. The molecule has 0 aromatic carbocycles. The summed E-state index contributed by atoms with van der Waals surface area (Å²) in [5, 5.41) is 15.2. The Kier molecular flexibility index (Phi) is 4.74. The second kappa shape index (κ2) is 7.65. The standard InChI is InChI=1S/C24H31N7O/c25-7-8-30-13-18(12-27-30)19-11-20(26)23(28-22(19)16-3-4-16)29-9-10-31(24(32)17-5-6-17)21(14-29)15-1-2-15/h11-12,15-18,21H,1-6,8-10,13-14,26H2/t18?,21-/m0/s1. The van der Waals surface area contributed by atoms with Gasteiger partial charge in [0.25, 0.3) is 0 Å². The zero-order chi connectivity index (χ0) is 21.8. The van der Waals surface area contributed by atoms with E-state index in [1.807, 2.05) is 11.2 Å². The fourth-order valence-electron chi connectivity index (χ4n) is 5.37. The van der Waals surface area contributed by atoms with Crippen molar-refractivity contribution in [1.82, 2.24) is 14.9 Å². The summed E-state index contributed by atoms with van der Waals surface area (Å²) in [6.07, 6.45) is 8.85. The molecule has 6 rings (SSSR count). The van der Waals surface area contributed by atoms with Gasteiger partial charge in [-0.1, -0.05) is 0 Å². The minimum Gasteiger partial charge on any atom is -0.396 e. The van der Waals surface area contributed by atoms with Crippen LogP contribution in [-0.2, 0) is 4.79 Å². The molecule has 8 heteroatoms. The monoisotopic (exact) mass is 433 g/mol. The number of aromatic nitrogens is 1. The number of nitrogen functional groups attached to an aromatic ring is 1. The number of amides is 1. The zero-order valence-corrected chi connectivity index (χ0v) is 18.5. The first kappa shape index (κ1) is 19.8. The molecule has 3 heterocycles. The Bertz CT molecular complexity index is 989. The maximum Gasteiger partial charge on any atom is 0.226 e. The first-order chi connectivity index (χ1) is 15.6. The molecular weight excluding hydrogens is 402 g/mol. The van der Waals surface area contributed by atoms with E-state index in [4.69, 9.17) is 16.0 Å². The molecule has 1 aromatic heterocycles. The van der Waals surface area contributed by atoms with Crippen molar-refractivity contribution in [3.8, 4) is 6.07 Å². The van der Waals surface area contributed by atoms with Crippen LogP contribution in [0, 0.1) is 23.2 Å². The lowest BCUT2D eigenvalue weighted by Crippen LogP contribution is -2.57. The molecule has 1 saturated heterocycles. The smallest absolute Gasteiger partial charge is 0.226 e. The Labute approximate surface area is 189 Å². The number of nitrogens with zero attached hydrogens (tertiary/aromatic N) is 6. The highest BCUT2D eigenvalue weighted by Crippen LogP contribution is 2.45. The Morgan fingerprint density at radius 3 is 2.66 bits per heavy atom. The van der Waals surface area contributed by atoms with Gasteiger partial charge >= 0.3 is 0 Å². The summed E-state index contributed by atoms with van der Waals surface area (Å²) >= 11 is 0. The van der Waals surface area contributed by atoms with Crippen LogP contribution in [0.25, 0.3) is 0 Å². The van der Waals surface area contributed by atoms with Gasteiger partial charge in [-0.25, -0.2) is 4.98 Å². The number of anilines is 2. The second-order valence-electron chi connectivity index (χ2n) is 10.2. The Balaban J connectivity index is 1.25. The fraction of sp³-hybridized carbons (Fsp3) is 0.667. The van der Waals surface area contributed by atoms with Gasteiger partial charge in [0.15, 0.2) is 5.82 Å². The van der Waals surface area contributed by atoms with Crippen LogP contribution in [0.5, 0.6) is 0 Å². The molecule has 0 radical (unpaired) electrons. The predicted octanol–water partition coefficient (Wildman–Crippen LogP) is 2.29. The number of hydrogen-bond acceptors (Lipinski definition) is 7. The number of piperazine rings is 1. The van der Waals surface area contributed by atoms with Gasteiger partial charge in [-0.15, -0.1) is 0 Å². The SMILES string of the molecule is N#CCN1CC(c2cc(N)c(N3CCN(C(=O)C4CC4)[C@H](C4CC4)C3)nc2C2CC2)C=N1. The van der Waals surface area contributed by atoms with Crippen molar-refractivity contribution in [2.24, 2.45) is 16.9 Å². The summed E-state index contributed by atoms with van der Waals surface area (Å²) in [5.41, 5.74) is 9.64. The lowest BCUT2D eigenvalue weighted by atomic mass is 9.96. The van der Waals surface area contributed by atoms with Crippen LogP contribution in [0.1, 0.15) is 61.6 Å². The molecule has 3 saturated carbocycles. The minimum absolute atomic E-state index is 0.134. The molecule has 0 spiro atoms. The highest BCUT2D eigenvalue weighted by Gasteiger charge is 2.45. The molecule has 0 bridgehead atoms. The average molecular weight is 434 g/mol. The molecule has 8 nitrogen and oxygen atoms in total. The number of rotatable bonds is 6. The van der Waals surface area contributed by atoms with Crippen LogP contribution >= 0.6 is 0 Å². The van der Waals surface area contributed by atoms with E-state index in [1.54, 1.807) is 0 Å². The lowest BCUT2D eigenvalue weighted by Gasteiger charge is -2.43. The first-order valence-electron chi connectivity index (χ1n) is 12.1. The molecular formula is C24H31N7O. The third kappa shape index (κ3) is 3.68. The number of hydrogen-bond donors (Lipinski definition) is 1. The minimum atomic E-state index is 0.134. The van der Waals surface area contributed by atoms with E-state index in [-0.39, 0.29) is 11.8 Å². The normalized spacial score (nSPS) is 27.7. The van der Waals surface area contributed by atoms with Gasteiger partial charge in [-0.3, -0.25) is 9.80 Å². The van der Waals surface area contributed by atoms with Crippen LogP contribution in [0.3, 0.4) is 0 Å². The van der Waals surface area contributed by atoms with Crippen molar-refractivity contribution in [2.45, 2.75) is 56.4 Å². The van der Waals surface area contributed by atoms with Crippen LogP contribution in [0.15, 0.2) is 11.2 Å². The van der Waals surface area contributed by atoms with Gasteiger partial charge in [0.05, 0.1) is 17.8 Å². The van der Waals surface area contributed by atoms with Crippen LogP contribution in [0.2, 0.25) is 0 Å². The first-order valence-corrected chi connectivity index (χ1v) is 12.1. The zero-order valence-electron chi connectivity index (χ0n) is 18.5. The third-order valence-electron chi connectivity index (χ3n) is 7.62. The molecule has 4 fully saturated rings.